The zero-order valence-corrected chi connectivity index (χ0v) is 8.28. The lowest BCUT2D eigenvalue weighted by molar-refractivity contribution is 0.880. The first-order chi connectivity index (χ1) is 6.83. The van der Waals surface area contributed by atoms with Gasteiger partial charge in [0, 0.05) is 12.1 Å². The average molecular weight is 208 g/mol. The van der Waals surface area contributed by atoms with Crippen LogP contribution in [0.15, 0.2) is 36.5 Å². The van der Waals surface area contributed by atoms with Gasteiger partial charge < -0.3 is 5.73 Å². The first-order valence-electron chi connectivity index (χ1n) is 4.31. The van der Waals surface area contributed by atoms with Gasteiger partial charge in [-0.05, 0) is 12.1 Å². The molecular formula is C10H10ClN3. The van der Waals surface area contributed by atoms with Crippen LogP contribution in [0.1, 0.15) is 5.56 Å². The Kier molecular flexibility index (Phi) is 2.52. The Morgan fingerprint density at radius 3 is 2.57 bits per heavy atom. The van der Waals surface area contributed by atoms with E-state index < -0.39 is 0 Å². The summed E-state index contributed by atoms with van der Waals surface area (Å²) >= 11 is 6.08. The molecule has 0 unspecified atom stereocenters. The van der Waals surface area contributed by atoms with E-state index in [4.69, 9.17) is 17.3 Å². The predicted molar refractivity (Wildman–Crippen MR) is 56.5 cm³/mol. The molecule has 1 aromatic carbocycles. The molecule has 0 saturated carbocycles. The van der Waals surface area contributed by atoms with Crippen LogP contribution < -0.4 is 5.73 Å². The third kappa shape index (κ3) is 1.52. The van der Waals surface area contributed by atoms with Crippen LogP contribution in [0.5, 0.6) is 0 Å². The third-order valence-electron chi connectivity index (χ3n) is 2.00. The Balaban J connectivity index is 2.48. The van der Waals surface area contributed by atoms with E-state index in [0.29, 0.717) is 11.7 Å². The first-order valence-corrected chi connectivity index (χ1v) is 4.68. The van der Waals surface area contributed by atoms with Crippen LogP contribution in [-0.2, 0) is 6.54 Å². The van der Waals surface area contributed by atoms with Crippen molar-refractivity contribution in [2.75, 3.05) is 0 Å². The van der Waals surface area contributed by atoms with Crippen molar-refractivity contribution in [1.29, 1.82) is 0 Å². The van der Waals surface area contributed by atoms with Crippen molar-refractivity contribution in [3.63, 3.8) is 0 Å². The van der Waals surface area contributed by atoms with Gasteiger partial charge in [0.2, 0.25) is 0 Å². The largest absolute Gasteiger partial charge is 0.326 e. The number of nitrogens with zero attached hydrogens (tertiary/aromatic N) is 2. The summed E-state index contributed by atoms with van der Waals surface area (Å²) in [6.45, 7) is 0.408. The molecule has 2 aromatic rings. The zero-order valence-electron chi connectivity index (χ0n) is 7.52. The summed E-state index contributed by atoms with van der Waals surface area (Å²) in [5.41, 5.74) is 7.30. The maximum absolute atomic E-state index is 6.08. The van der Waals surface area contributed by atoms with Crippen molar-refractivity contribution < 1.29 is 0 Å². The van der Waals surface area contributed by atoms with E-state index >= 15 is 0 Å². The van der Waals surface area contributed by atoms with E-state index in [1.165, 1.54) is 0 Å². The Bertz CT molecular complexity index is 422. The summed E-state index contributed by atoms with van der Waals surface area (Å²) in [6.07, 6.45) is 1.69. The van der Waals surface area contributed by atoms with E-state index in [0.717, 1.165) is 11.3 Å². The van der Waals surface area contributed by atoms with Crippen molar-refractivity contribution in [3.8, 4) is 5.69 Å². The van der Waals surface area contributed by atoms with Crippen LogP contribution in [0.2, 0.25) is 5.15 Å². The van der Waals surface area contributed by atoms with Gasteiger partial charge in [-0.2, -0.15) is 5.10 Å². The molecule has 4 heteroatoms. The van der Waals surface area contributed by atoms with E-state index in [-0.39, 0.29) is 0 Å². The molecule has 0 spiro atoms. The molecule has 2 rings (SSSR count). The fourth-order valence-corrected chi connectivity index (χ4v) is 1.52. The van der Waals surface area contributed by atoms with Crippen molar-refractivity contribution in [1.82, 2.24) is 9.78 Å². The summed E-state index contributed by atoms with van der Waals surface area (Å²) in [5, 5.41) is 4.74. The van der Waals surface area contributed by atoms with Gasteiger partial charge in [-0.15, -0.1) is 0 Å². The van der Waals surface area contributed by atoms with Gasteiger partial charge in [0.25, 0.3) is 0 Å². The highest BCUT2D eigenvalue weighted by atomic mass is 35.5. The number of hydrogen-bond acceptors (Lipinski definition) is 2. The highest BCUT2D eigenvalue weighted by Gasteiger charge is 2.07. The van der Waals surface area contributed by atoms with E-state index in [1.54, 1.807) is 10.9 Å². The Hall–Kier alpha value is -1.32. The lowest BCUT2D eigenvalue weighted by atomic mass is 10.3. The minimum Gasteiger partial charge on any atom is -0.326 e. The number of hydrogen-bond donors (Lipinski definition) is 1. The molecule has 0 amide bonds. The van der Waals surface area contributed by atoms with E-state index in [9.17, 15) is 0 Å². The molecule has 72 valence electrons. The highest BCUT2D eigenvalue weighted by molar-refractivity contribution is 6.30. The SMILES string of the molecule is NCc1cnn(-c2ccccc2)c1Cl. The number of halogens is 1. The molecule has 1 aromatic heterocycles. The van der Waals surface area contributed by atoms with Crippen molar-refractivity contribution in [2.45, 2.75) is 6.54 Å². The second-order valence-corrected chi connectivity index (χ2v) is 3.27. The lowest BCUT2D eigenvalue weighted by Gasteiger charge is -2.02. The first kappa shape index (κ1) is 9.24. The molecule has 0 atom stereocenters. The monoisotopic (exact) mass is 207 g/mol. The molecule has 0 fully saturated rings. The molecule has 0 bridgehead atoms. The molecule has 0 aliphatic heterocycles. The Morgan fingerprint density at radius 1 is 1.29 bits per heavy atom. The van der Waals surface area contributed by atoms with Gasteiger partial charge in [0.15, 0.2) is 0 Å². The van der Waals surface area contributed by atoms with Gasteiger partial charge in [-0.3, -0.25) is 0 Å². The van der Waals surface area contributed by atoms with Gasteiger partial charge in [-0.1, -0.05) is 29.8 Å². The van der Waals surface area contributed by atoms with Crippen LogP contribution in [0.25, 0.3) is 5.69 Å². The number of rotatable bonds is 2. The number of aromatic nitrogens is 2. The second kappa shape index (κ2) is 3.82. The molecule has 2 N–H and O–H groups in total. The Labute approximate surface area is 87.1 Å². The van der Waals surface area contributed by atoms with Crippen molar-refractivity contribution in [2.24, 2.45) is 5.73 Å². The smallest absolute Gasteiger partial charge is 0.137 e. The van der Waals surface area contributed by atoms with Crippen LogP contribution in [0.3, 0.4) is 0 Å². The summed E-state index contributed by atoms with van der Waals surface area (Å²) in [5.74, 6) is 0. The van der Waals surface area contributed by atoms with E-state index in [1.807, 2.05) is 30.3 Å². The molecule has 0 aliphatic carbocycles. The fraction of sp³-hybridized carbons (Fsp3) is 0.100. The second-order valence-electron chi connectivity index (χ2n) is 2.91. The van der Waals surface area contributed by atoms with Crippen LogP contribution in [-0.4, -0.2) is 9.78 Å². The summed E-state index contributed by atoms with van der Waals surface area (Å²) in [6, 6.07) is 9.72. The zero-order chi connectivity index (χ0) is 9.97. The van der Waals surface area contributed by atoms with Gasteiger partial charge in [0.1, 0.15) is 5.15 Å². The molecule has 14 heavy (non-hydrogen) atoms. The molecule has 1 heterocycles. The summed E-state index contributed by atoms with van der Waals surface area (Å²) in [7, 11) is 0. The standard InChI is InChI=1S/C10H10ClN3/c11-10-8(6-12)7-13-14(10)9-4-2-1-3-5-9/h1-5,7H,6,12H2. The maximum atomic E-state index is 6.08. The van der Waals surface area contributed by atoms with Crippen LogP contribution in [0, 0.1) is 0 Å². The van der Waals surface area contributed by atoms with Gasteiger partial charge in [-0.25, -0.2) is 4.68 Å². The van der Waals surface area contributed by atoms with Crippen molar-refractivity contribution >= 4 is 11.6 Å². The lowest BCUT2D eigenvalue weighted by Crippen LogP contribution is -1.98. The maximum Gasteiger partial charge on any atom is 0.137 e. The van der Waals surface area contributed by atoms with Crippen LogP contribution >= 0.6 is 11.6 Å². The average Bonchev–Trinajstić information content (AvgIpc) is 2.61. The summed E-state index contributed by atoms with van der Waals surface area (Å²) in [4.78, 5) is 0. The summed E-state index contributed by atoms with van der Waals surface area (Å²) < 4.78 is 1.67. The Morgan fingerprint density at radius 2 is 2.00 bits per heavy atom. The molecule has 0 aliphatic rings. The normalized spacial score (nSPS) is 10.4. The molecular weight excluding hydrogens is 198 g/mol. The molecule has 3 nitrogen and oxygen atoms in total. The fourth-order valence-electron chi connectivity index (χ4n) is 1.25. The van der Waals surface area contributed by atoms with E-state index in [2.05, 4.69) is 5.10 Å². The quantitative estimate of drug-likeness (QED) is 0.819. The third-order valence-corrected chi connectivity index (χ3v) is 2.40. The van der Waals surface area contributed by atoms with Crippen LogP contribution in [0.4, 0.5) is 0 Å². The minimum absolute atomic E-state index is 0.408. The van der Waals surface area contributed by atoms with Gasteiger partial charge >= 0.3 is 0 Å². The highest BCUT2D eigenvalue weighted by Crippen LogP contribution is 2.19. The number of benzene rings is 1. The number of para-hydroxylation sites is 1. The van der Waals surface area contributed by atoms with Crippen molar-refractivity contribution in [3.05, 3.63) is 47.2 Å². The topological polar surface area (TPSA) is 43.8 Å². The molecule has 0 saturated heterocycles. The number of nitrogens with two attached hydrogens (primary N) is 1. The predicted octanol–water partition coefficient (Wildman–Crippen LogP) is 1.98. The van der Waals surface area contributed by atoms with Gasteiger partial charge in [0.05, 0.1) is 11.9 Å². The minimum atomic E-state index is 0.408. The molecule has 0 radical (unpaired) electrons.